The Kier molecular flexibility index (Phi) is 5.37. The van der Waals surface area contributed by atoms with Crippen LogP contribution in [-0.4, -0.2) is 6.04 Å². The van der Waals surface area contributed by atoms with E-state index in [9.17, 15) is 8.78 Å². The molecule has 0 heterocycles. The molecule has 1 aliphatic carbocycles. The summed E-state index contributed by atoms with van der Waals surface area (Å²) < 4.78 is 25.5. The normalized spacial score (nSPS) is 23.5. The predicted molar refractivity (Wildman–Crippen MR) is 83.4 cm³/mol. The van der Waals surface area contributed by atoms with Gasteiger partial charge in [0.15, 0.2) is 0 Å². The van der Waals surface area contributed by atoms with Crippen LogP contribution in [0.3, 0.4) is 0 Å². The molecule has 0 aliphatic heterocycles. The van der Waals surface area contributed by atoms with Crippen LogP contribution >= 0.6 is 0 Å². The maximum atomic E-state index is 12.7. The fourth-order valence-corrected chi connectivity index (χ4v) is 3.50. The molecule has 0 aromatic heterocycles. The summed E-state index contributed by atoms with van der Waals surface area (Å²) in [6.45, 7) is 7.58. The van der Waals surface area contributed by atoms with Gasteiger partial charge in [-0.15, -0.1) is 0 Å². The summed E-state index contributed by atoms with van der Waals surface area (Å²) in [4.78, 5) is 0. The lowest BCUT2D eigenvalue weighted by Gasteiger charge is -2.41. The summed E-state index contributed by atoms with van der Waals surface area (Å²) in [5.41, 5.74) is 1.36. The van der Waals surface area contributed by atoms with Crippen molar-refractivity contribution in [2.45, 2.75) is 65.5 Å². The molecule has 1 fully saturated rings. The first-order valence-corrected chi connectivity index (χ1v) is 7.98. The van der Waals surface area contributed by atoms with Crippen LogP contribution < -0.4 is 5.32 Å². The van der Waals surface area contributed by atoms with Crippen LogP contribution in [0.1, 0.15) is 64.0 Å². The van der Waals surface area contributed by atoms with Crippen LogP contribution in [-0.2, 0) is 6.54 Å². The van der Waals surface area contributed by atoms with E-state index in [1.165, 1.54) is 31.7 Å². The van der Waals surface area contributed by atoms with Crippen molar-refractivity contribution in [3.05, 3.63) is 35.4 Å². The van der Waals surface area contributed by atoms with E-state index in [-0.39, 0.29) is 5.56 Å². The molecule has 21 heavy (non-hydrogen) atoms. The highest BCUT2D eigenvalue weighted by atomic mass is 19.3. The number of alkyl halides is 2. The summed E-state index contributed by atoms with van der Waals surface area (Å²) >= 11 is 0. The second kappa shape index (κ2) is 6.87. The van der Waals surface area contributed by atoms with Gasteiger partial charge in [-0.25, -0.2) is 8.78 Å². The quantitative estimate of drug-likeness (QED) is 0.793. The minimum Gasteiger partial charge on any atom is -0.310 e. The van der Waals surface area contributed by atoms with Gasteiger partial charge in [0.1, 0.15) is 0 Å². The molecule has 3 heteroatoms. The van der Waals surface area contributed by atoms with Gasteiger partial charge in [0, 0.05) is 18.2 Å². The number of halogens is 2. The largest absolute Gasteiger partial charge is 0.310 e. The van der Waals surface area contributed by atoms with Gasteiger partial charge in [0.05, 0.1) is 0 Å². The molecule has 0 amide bonds. The monoisotopic (exact) mass is 295 g/mol. The van der Waals surface area contributed by atoms with Crippen LogP contribution in [0, 0.1) is 11.3 Å². The predicted octanol–water partition coefficient (Wildman–Crippen LogP) is 5.32. The van der Waals surface area contributed by atoms with Crippen molar-refractivity contribution in [1.29, 1.82) is 0 Å². The number of rotatable bonds is 4. The third-order valence-electron chi connectivity index (χ3n) is 4.65. The summed E-state index contributed by atoms with van der Waals surface area (Å²) in [7, 11) is 0. The second-order valence-electron chi connectivity index (χ2n) is 7.29. The Balaban J connectivity index is 1.99. The average molecular weight is 295 g/mol. The van der Waals surface area contributed by atoms with Crippen molar-refractivity contribution in [3.63, 3.8) is 0 Å². The number of hydrogen-bond donors (Lipinski definition) is 1. The third-order valence-corrected chi connectivity index (χ3v) is 4.65. The minimum absolute atomic E-state index is 0.116. The lowest BCUT2D eigenvalue weighted by atomic mass is 9.69. The van der Waals surface area contributed by atoms with E-state index >= 15 is 0 Å². The molecule has 1 N–H and O–H groups in total. The molecule has 1 aliphatic rings. The Morgan fingerprint density at radius 2 is 1.90 bits per heavy atom. The molecular weight excluding hydrogens is 268 g/mol. The van der Waals surface area contributed by atoms with Gasteiger partial charge in [-0.2, -0.15) is 0 Å². The van der Waals surface area contributed by atoms with Gasteiger partial charge in [0.25, 0.3) is 6.43 Å². The lowest BCUT2D eigenvalue weighted by molar-refractivity contribution is 0.130. The molecule has 2 atom stereocenters. The molecule has 1 aromatic carbocycles. The summed E-state index contributed by atoms with van der Waals surface area (Å²) in [5, 5.41) is 3.62. The topological polar surface area (TPSA) is 12.0 Å². The highest BCUT2D eigenvalue weighted by molar-refractivity contribution is 5.24. The van der Waals surface area contributed by atoms with Gasteiger partial charge in [-0.3, -0.25) is 0 Å². The van der Waals surface area contributed by atoms with E-state index in [2.05, 4.69) is 26.1 Å². The zero-order valence-corrected chi connectivity index (χ0v) is 13.3. The Hall–Kier alpha value is -0.960. The van der Waals surface area contributed by atoms with E-state index in [1.54, 1.807) is 12.1 Å². The molecule has 1 saturated carbocycles. The number of hydrogen-bond acceptors (Lipinski definition) is 1. The molecule has 2 rings (SSSR count). The average Bonchev–Trinajstić information content (AvgIpc) is 2.45. The van der Waals surface area contributed by atoms with Crippen LogP contribution in [0.4, 0.5) is 8.78 Å². The molecule has 2 unspecified atom stereocenters. The van der Waals surface area contributed by atoms with Crippen LogP contribution in [0.2, 0.25) is 0 Å². The van der Waals surface area contributed by atoms with Crippen molar-refractivity contribution in [3.8, 4) is 0 Å². The molecule has 0 spiro atoms. The summed E-state index contributed by atoms with van der Waals surface area (Å²) in [5.74, 6) is 0.657. The van der Waals surface area contributed by atoms with Gasteiger partial charge >= 0.3 is 0 Å². The Labute approximate surface area is 127 Å². The number of nitrogens with one attached hydrogen (secondary N) is 1. The first-order valence-electron chi connectivity index (χ1n) is 7.98. The minimum atomic E-state index is -2.39. The smallest absolute Gasteiger partial charge is 0.263 e. The molecular formula is C18H27F2N. The molecule has 1 aromatic rings. The number of benzene rings is 1. The van der Waals surface area contributed by atoms with E-state index in [0.29, 0.717) is 23.9 Å². The summed E-state index contributed by atoms with van der Waals surface area (Å²) in [6.07, 6.45) is 2.64. The van der Waals surface area contributed by atoms with Crippen LogP contribution in [0.5, 0.6) is 0 Å². The van der Waals surface area contributed by atoms with Crippen molar-refractivity contribution >= 4 is 0 Å². The Bertz CT molecular complexity index is 451. The summed E-state index contributed by atoms with van der Waals surface area (Å²) in [6, 6.07) is 7.25. The van der Waals surface area contributed by atoms with Crippen molar-refractivity contribution in [2.24, 2.45) is 11.3 Å². The molecule has 0 radical (unpaired) electrons. The first kappa shape index (κ1) is 16.4. The van der Waals surface area contributed by atoms with Gasteiger partial charge < -0.3 is 5.32 Å². The van der Waals surface area contributed by atoms with E-state index in [4.69, 9.17) is 0 Å². The zero-order chi connectivity index (χ0) is 15.5. The fraction of sp³-hybridized carbons (Fsp3) is 0.667. The second-order valence-corrected chi connectivity index (χ2v) is 7.29. The molecule has 0 bridgehead atoms. The SMILES string of the molecule is CC(C)(C)C1CCCCC1NCc1cccc(C(F)F)c1. The highest BCUT2D eigenvalue weighted by Gasteiger charge is 2.33. The van der Waals surface area contributed by atoms with Gasteiger partial charge in [0.2, 0.25) is 0 Å². The van der Waals surface area contributed by atoms with Gasteiger partial charge in [-0.05, 0) is 35.8 Å². The van der Waals surface area contributed by atoms with Crippen molar-refractivity contribution in [2.75, 3.05) is 0 Å². The fourth-order valence-electron chi connectivity index (χ4n) is 3.50. The van der Waals surface area contributed by atoms with Crippen molar-refractivity contribution < 1.29 is 8.78 Å². The van der Waals surface area contributed by atoms with Crippen LogP contribution in [0.15, 0.2) is 24.3 Å². The molecule has 1 nitrogen and oxygen atoms in total. The zero-order valence-electron chi connectivity index (χ0n) is 13.3. The lowest BCUT2D eigenvalue weighted by Crippen LogP contribution is -2.43. The van der Waals surface area contributed by atoms with Gasteiger partial charge in [-0.1, -0.05) is 51.8 Å². The highest BCUT2D eigenvalue weighted by Crippen LogP contribution is 2.38. The van der Waals surface area contributed by atoms with Crippen LogP contribution in [0.25, 0.3) is 0 Å². The maximum Gasteiger partial charge on any atom is 0.263 e. The Morgan fingerprint density at radius 1 is 1.19 bits per heavy atom. The maximum absolute atomic E-state index is 12.7. The first-order chi connectivity index (χ1) is 9.88. The molecule has 118 valence electrons. The van der Waals surface area contributed by atoms with Crippen molar-refractivity contribution in [1.82, 2.24) is 5.32 Å². The Morgan fingerprint density at radius 3 is 2.57 bits per heavy atom. The van der Waals surface area contributed by atoms with E-state index in [1.807, 2.05) is 6.07 Å². The third kappa shape index (κ3) is 4.50. The standard InChI is InChI=1S/C18H27F2N/c1-18(2,3)15-9-4-5-10-16(15)21-12-13-7-6-8-14(11-13)17(19)20/h6-8,11,15-17,21H,4-5,9-10,12H2,1-3H3. The molecule has 0 saturated heterocycles. The van der Waals surface area contributed by atoms with E-state index < -0.39 is 6.43 Å². The van der Waals surface area contributed by atoms with E-state index in [0.717, 1.165) is 5.56 Å².